The van der Waals surface area contributed by atoms with Crippen molar-refractivity contribution in [2.45, 2.75) is 28.2 Å². The van der Waals surface area contributed by atoms with Gasteiger partial charge in [0.2, 0.25) is 0 Å². The number of anilines is 2. The van der Waals surface area contributed by atoms with Crippen LogP contribution >= 0.6 is 23.5 Å². The molecule has 188 valence electrons. The number of fused-ring (bicyclic) bond motifs is 7. The molecule has 0 saturated carbocycles. The van der Waals surface area contributed by atoms with Gasteiger partial charge in [0.15, 0.2) is 10.2 Å². The molecule has 3 aromatic carbocycles. The molecular formula is C30H24N4O2S2. The summed E-state index contributed by atoms with van der Waals surface area (Å²) in [6, 6.07) is 26.9. The van der Waals surface area contributed by atoms with E-state index in [-0.39, 0.29) is 11.8 Å². The van der Waals surface area contributed by atoms with E-state index in [0.29, 0.717) is 6.42 Å². The van der Waals surface area contributed by atoms with Crippen molar-refractivity contribution >= 4 is 57.6 Å². The average Bonchev–Trinajstić information content (AvgIpc) is 3.53. The first-order valence-corrected chi connectivity index (χ1v) is 14.3. The lowest BCUT2D eigenvalue weighted by Gasteiger charge is -2.47. The molecule has 4 fully saturated rings. The highest BCUT2D eigenvalue weighted by Crippen LogP contribution is 2.68. The number of H-pyrrole nitrogens is 1. The van der Waals surface area contributed by atoms with Gasteiger partial charge in [-0.25, -0.2) is 0 Å². The number of thioether (sulfide) groups is 2. The van der Waals surface area contributed by atoms with Gasteiger partial charge in [0.05, 0.1) is 5.41 Å². The summed E-state index contributed by atoms with van der Waals surface area (Å²) in [6.45, 7) is 4.27. The Hall–Kier alpha value is -3.62. The number of nitrogens with one attached hydrogen (secondary N) is 1. The van der Waals surface area contributed by atoms with Crippen molar-refractivity contribution in [1.29, 1.82) is 0 Å². The Morgan fingerprint density at radius 1 is 0.947 bits per heavy atom. The fraction of sp³-hybridized carbons (Fsp3) is 0.200. The maximum absolute atomic E-state index is 14.5. The van der Waals surface area contributed by atoms with Gasteiger partial charge < -0.3 is 14.8 Å². The summed E-state index contributed by atoms with van der Waals surface area (Å²) < 4.78 is 0.803. The zero-order valence-corrected chi connectivity index (χ0v) is 22.3. The Kier molecular flexibility index (Phi) is 4.41. The number of aromatic amines is 1. The van der Waals surface area contributed by atoms with E-state index in [1.165, 1.54) is 23.5 Å². The predicted octanol–water partition coefficient (Wildman–Crippen LogP) is 5.61. The molecule has 6 heterocycles. The number of rotatable bonds is 2. The third kappa shape index (κ3) is 2.52. The molecule has 1 aromatic heterocycles. The van der Waals surface area contributed by atoms with Gasteiger partial charge in [-0.3, -0.25) is 14.5 Å². The van der Waals surface area contributed by atoms with Crippen LogP contribution in [-0.4, -0.2) is 50.1 Å². The smallest absolute Gasteiger partial charge is 0.260 e. The van der Waals surface area contributed by atoms with Crippen molar-refractivity contribution in [2.75, 3.05) is 11.9 Å². The van der Waals surface area contributed by atoms with Crippen LogP contribution in [-0.2, 0) is 15.0 Å². The summed E-state index contributed by atoms with van der Waals surface area (Å²) in [5.74, 6) is -0.0685. The maximum Gasteiger partial charge on any atom is 0.260 e. The van der Waals surface area contributed by atoms with Gasteiger partial charge in [-0.15, -0.1) is 0 Å². The molecule has 4 saturated heterocycles. The molecule has 2 bridgehead atoms. The molecule has 4 aromatic rings. The molecule has 5 aliphatic rings. The van der Waals surface area contributed by atoms with Crippen LogP contribution in [0.3, 0.4) is 0 Å². The molecule has 1 N–H and O–H groups in total. The summed E-state index contributed by atoms with van der Waals surface area (Å²) in [5.41, 5.74) is 4.69. The molecule has 8 heteroatoms. The van der Waals surface area contributed by atoms with Crippen molar-refractivity contribution in [3.05, 3.63) is 107 Å². The zero-order valence-electron chi connectivity index (χ0n) is 20.6. The second-order valence-corrected chi connectivity index (χ2v) is 13.2. The Bertz CT molecular complexity index is 1690. The van der Waals surface area contributed by atoms with E-state index in [0.717, 1.165) is 37.6 Å². The Labute approximate surface area is 228 Å². The topological polar surface area (TPSA) is 59.7 Å². The van der Waals surface area contributed by atoms with E-state index in [9.17, 15) is 9.59 Å². The van der Waals surface area contributed by atoms with E-state index in [4.69, 9.17) is 0 Å². The fourth-order valence-electron chi connectivity index (χ4n) is 7.16. The number of carbonyl (C=O) groups excluding carboxylic acids is 2. The van der Waals surface area contributed by atoms with Crippen molar-refractivity contribution in [3.63, 3.8) is 0 Å². The quantitative estimate of drug-likeness (QED) is 0.361. The summed E-state index contributed by atoms with van der Waals surface area (Å²) in [6.07, 6.45) is 2.12. The van der Waals surface area contributed by atoms with E-state index in [1.54, 1.807) is 11.9 Å². The molecule has 2 amide bonds. The van der Waals surface area contributed by atoms with Gasteiger partial charge in [-0.05, 0) is 35.4 Å². The number of likely N-dealkylation sites (N-methyl/N-ethyl adjacent to an activating group) is 1. The second kappa shape index (κ2) is 7.48. The molecule has 38 heavy (non-hydrogen) atoms. The summed E-state index contributed by atoms with van der Waals surface area (Å²) in [7, 11) is 1.76. The minimum absolute atomic E-state index is 0.0302. The van der Waals surface area contributed by atoms with Crippen LogP contribution in [0.1, 0.15) is 17.5 Å². The number of nitrogens with zero attached hydrogens (tertiary/aromatic N) is 3. The molecule has 4 atom stereocenters. The highest BCUT2D eigenvalue weighted by Gasteiger charge is 2.75. The molecular weight excluding hydrogens is 512 g/mol. The summed E-state index contributed by atoms with van der Waals surface area (Å²) >= 11 is 2.85. The standard InChI is InChI=1S/C30H24N4O2S2/c1-18-37-26-25(35)34-27-29(17-30(34,38-18)28(36)32(26)2,22-16-31-23-14-8-6-12-20(22)23)21-13-7-9-15-24(21)33(27)19-10-4-3-5-11-19/h3-16,26-27,31H,1,17H2,2H3/t26-,27-,29?,30?/m1/s1. The minimum atomic E-state index is -1.09. The van der Waals surface area contributed by atoms with Crippen LogP contribution in [0.15, 0.2) is 95.9 Å². The normalized spacial score (nSPS) is 29.6. The number of piperazine rings is 1. The molecule has 0 aliphatic carbocycles. The number of hydrogen-bond donors (Lipinski definition) is 1. The molecule has 9 rings (SSSR count). The van der Waals surface area contributed by atoms with E-state index in [2.05, 4.69) is 77.3 Å². The lowest BCUT2D eigenvalue weighted by molar-refractivity contribution is -0.157. The monoisotopic (exact) mass is 536 g/mol. The van der Waals surface area contributed by atoms with Crippen molar-refractivity contribution < 1.29 is 9.59 Å². The molecule has 1 spiro atoms. The zero-order chi connectivity index (χ0) is 25.8. The van der Waals surface area contributed by atoms with Gasteiger partial charge in [0, 0.05) is 46.2 Å². The third-order valence-electron chi connectivity index (χ3n) is 8.57. The van der Waals surface area contributed by atoms with Crippen LogP contribution in [0.5, 0.6) is 0 Å². The first-order chi connectivity index (χ1) is 18.5. The van der Waals surface area contributed by atoms with Crippen LogP contribution in [0.25, 0.3) is 10.9 Å². The van der Waals surface area contributed by atoms with Crippen LogP contribution in [0.4, 0.5) is 11.4 Å². The summed E-state index contributed by atoms with van der Waals surface area (Å²) in [4.78, 5) is 37.0. The van der Waals surface area contributed by atoms with E-state index < -0.39 is 21.8 Å². The fourth-order valence-corrected chi connectivity index (χ4v) is 9.96. The van der Waals surface area contributed by atoms with Gasteiger partial charge in [-0.2, -0.15) is 0 Å². The van der Waals surface area contributed by atoms with Gasteiger partial charge in [-0.1, -0.05) is 84.7 Å². The number of hydrogen-bond acceptors (Lipinski definition) is 5. The molecule has 6 nitrogen and oxygen atoms in total. The Morgan fingerprint density at radius 3 is 2.53 bits per heavy atom. The molecule has 5 aliphatic heterocycles. The first kappa shape index (κ1) is 22.4. The van der Waals surface area contributed by atoms with Crippen molar-refractivity contribution in [3.8, 4) is 0 Å². The van der Waals surface area contributed by atoms with Crippen LogP contribution in [0, 0.1) is 0 Å². The van der Waals surface area contributed by atoms with Crippen LogP contribution < -0.4 is 4.90 Å². The SMILES string of the molecule is C=C1S[C@@H]2C(=O)N3[C@H]4N(c5ccccc5)c5ccccc5C4(c4c[nH]c5ccccc45)CC3(S1)C(=O)N2C. The first-order valence-electron chi connectivity index (χ1n) is 12.6. The van der Waals surface area contributed by atoms with Crippen molar-refractivity contribution in [1.82, 2.24) is 14.8 Å². The summed E-state index contributed by atoms with van der Waals surface area (Å²) in [5, 5.41) is 0.482. The van der Waals surface area contributed by atoms with E-state index >= 15 is 0 Å². The number of carbonyl (C=O) groups is 2. The number of aromatic nitrogens is 1. The Morgan fingerprint density at radius 2 is 1.68 bits per heavy atom. The molecule has 0 radical (unpaired) electrons. The van der Waals surface area contributed by atoms with Gasteiger partial charge >= 0.3 is 0 Å². The van der Waals surface area contributed by atoms with Crippen LogP contribution in [0.2, 0.25) is 0 Å². The highest BCUT2D eigenvalue weighted by atomic mass is 32.2. The number of para-hydroxylation sites is 3. The maximum atomic E-state index is 14.5. The minimum Gasteiger partial charge on any atom is -0.361 e. The predicted molar refractivity (Wildman–Crippen MR) is 153 cm³/mol. The lowest BCUT2D eigenvalue weighted by atomic mass is 9.72. The average molecular weight is 537 g/mol. The van der Waals surface area contributed by atoms with Gasteiger partial charge in [0.25, 0.3) is 11.8 Å². The van der Waals surface area contributed by atoms with Gasteiger partial charge in [0.1, 0.15) is 6.17 Å². The highest BCUT2D eigenvalue weighted by molar-refractivity contribution is 8.24. The number of benzene rings is 3. The van der Waals surface area contributed by atoms with Crippen molar-refractivity contribution in [2.24, 2.45) is 0 Å². The van der Waals surface area contributed by atoms with E-state index in [1.807, 2.05) is 29.2 Å². The largest absolute Gasteiger partial charge is 0.361 e. The lowest BCUT2D eigenvalue weighted by Crippen LogP contribution is -2.68. The number of amides is 2. The third-order valence-corrected chi connectivity index (χ3v) is 11.2. The molecule has 2 unspecified atom stereocenters. The second-order valence-electron chi connectivity index (χ2n) is 10.3. The Balaban J connectivity index is 1.50.